The zero-order valence-corrected chi connectivity index (χ0v) is 26.5. The number of nitrogens with one attached hydrogen (secondary N) is 2. The summed E-state index contributed by atoms with van der Waals surface area (Å²) in [5.41, 5.74) is 3.53. The van der Waals surface area contributed by atoms with Crippen molar-refractivity contribution in [3.05, 3.63) is 54.6 Å². The van der Waals surface area contributed by atoms with Crippen LogP contribution in [0.15, 0.2) is 54.6 Å². The summed E-state index contributed by atoms with van der Waals surface area (Å²) < 4.78 is 12.0. The second-order valence-electron chi connectivity index (χ2n) is 12.8. The van der Waals surface area contributed by atoms with Crippen LogP contribution in [0.2, 0.25) is 0 Å². The van der Waals surface area contributed by atoms with Crippen molar-refractivity contribution in [1.82, 2.24) is 14.9 Å². The van der Waals surface area contributed by atoms with Gasteiger partial charge in [0, 0.05) is 74.5 Å². The molecule has 0 spiro atoms. The third-order valence-electron chi connectivity index (χ3n) is 9.39. The van der Waals surface area contributed by atoms with Crippen LogP contribution in [0, 0.1) is 0 Å². The van der Waals surface area contributed by atoms with E-state index in [-0.39, 0.29) is 24.3 Å². The molecule has 2 unspecified atom stereocenters. The molecule has 4 aliphatic rings. The Labute approximate surface area is 265 Å². The van der Waals surface area contributed by atoms with Crippen LogP contribution in [0.3, 0.4) is 0 Å². The summed E-state index contributed by atoms with van der Waals surface area (Å²) in [5, 5.41) is 5.90. The number of amides is 2. The van der Waals surface area contributed by atoms with Crippen LogP contribution >= 0.6 is 0 Å². The zero-order chi connectivity index (χ0) is 30.9. The number of fused-ring (bicyclic) bond motifs is 2. The lowest BCUT2D eigenvalue weighted by Crippen LogP contribution is -2.47. The highest BCUT2D eigenvalue weighted by molar-refractivity contribution is 6.00. The van der Waals surface area contributed by atoms with Gasteiger partial charge >= 0.3 is 6.03 Å². The zero-order valence-electron chi connectivity index (χ0n) is 26.5. The van der Waals surface area contributed by atoms with Gasteiger partial charge in [-0.05, 0) is 75.3 Å². The highest BCUT2D eigenvalue weighted by Crippen LogP contribution is 2.35. The summed E-state index contributed by atoms with van der Waals surface area (Å²) in [5.74, 6) is 2.54. The van der Waals surface area contributed by atoms with E-state index < -0.39 is 0 Å². The second kappa shape index (κ2) is 12.8. The predicted molar refractivity (Wildman–Crippen MR) is 179 cm³/mol. The minimum Gasteiger partial charge on any atom is -0.374 e. The maximum Gasteiger partial charge on any atom is 0.323 e. The Morgan fingerprint density at radius 2 is 1.58 bits per heavy atom. The Morgan fingerprint density at radius 3 is 2.22 bits per heavy atom. The molecule has 4 atom stereocenters. The molecule has 2 aromatic carbocycles. The number of nitrogens with zero attached hydrogens (tertiary/aromatic N) is 6. The summed E-state index contributed by atoms with van der Waals surface area (Å²) in [6.07, 6.45) is 2.59. The molecule has 0 aliphatic carbocycles. The average molecular weight is 613 g/mol. The van der Waals surface area contributed by atoms with Gasteiger partial charge in [-0.1, -0.05) is 6.92 Å². The van der Waals surface area contributed by atoms with E-state index in [0.29, 0.717) is 17.6 Å². The van der Waals surface area contributed by atoms with Gasteiger partial charge in [0.05, 0.1) is 31.0 Å². The Morgan fingerprint density at radius 1 is 0.889 bits per heavy atom. The summed E-state index contributed by atoms with van der Waals surface area (Å²) in [4.78, 5) is 32.3. The summed E-state index contributed by atoms with van der Waals surface area (Å²) in [7, 11) is 2.15. The van der Waals surface area contributed by atoms with Gasteiger partial charge in [0.2, 0.25) is 0 Å². The summed E-state index contributed by atoms with van der Waals surface area (Å²) in [6, 6.07) is 18.0. The minimum atomic E-state index is -0.283. The van der Waals surface area contributed by atoms with Crippen molar-refractivity contribution in [3.8, 4) is 11.4 Å². The SMILES string of the molecule is CCC1CN(c2cc(N3C[C@@H]4C[C@H]3CO4)nc(-c3ccc(NC(=O)Nc4ccc(N5CCN(C)CC5)cc4)cc3)n2)CC(C)O1. The largest absolute Gasteiger partial charge is 0.374 e. The van der Waals surface area contributed by atoms with E-state index >= 15 is 0 Å². The molecule has 2 N–H and O–H groups in total. The van der Waals surface area contributed by atoms with Crippen LogP contribution < -0.4 is 25.3 Å². The normalized spacial score (nSPS) is 25.1. The number of aromatic nitrogens is 2. The monoisotopic (exact) mass is 612 g/mol. The van der Waals surface area contributed by atoms with Gasteiger partial charge < -0.3 is 39.7 Å². The van der Waals surface area contributed by atoms with Crippen LogP contribution in [0.5, 0.6) is 0 Å². The summed E-state index contributed by atoms with van der Waals surface area (Å²) in [6.45, 7) is 11.6. The molecule has 4 saturated heterocycles. The Hall–Kier alpha value is -3.93. The number of carbonyl (C=O) groups excluding carboxylic acids is 1. The van der Waals surface area contributed by atoms with Gasteiger partial charge in [-0.15, -0.1) is 0 Å². The first kappa shape index (κ1) is 29.8. The topological polar surface area (TPSA) is 98.3 Å². The van der Waals surface area contributed by atoms with Crippen LogP contribution in [0.25, 0.3) is 11.4 Å². The lowest BCUT2D eigenvalue weighted by atomic mass is 10.1. The van der Waals surface area contributed by atoms with Crippen molar-refractivity contribution in [2.75, 3.05) is 84.8 Å². The molecule has 238 valence electrons. The fourth-order valence-corrected chi connectivity index (χ4v) is 6.81. The molecule has 4 fully saturated rings. The molecule has 7 rings (SSSR count). The van der Waals surface area contributed by atoms with Gasteiger partial charge in [-0.25, -0.2) is 14.8 Å². The molecular formula is C34H44N8O3. The van der Waals surface area contributed by atoms with Crippen LogP contribution in [-0.4, -0.2) is 105 Å². The number of likely N-dealkylation sites (N-methyl/N-ethyl adjacent to an activating group) is 1. The molecule has 2 amide bonds. The van der Waals surface area contributed by atoms with E-state index in [2.05, 4.69) is 69.3 Å². The maximum atomic E-state index is 12.8. The molecule has 3 aromatic rings. The van der Waals surface area contributed by atoms with Crippen molar-refractivity contribution in [1.29, 1.82) is 0 Å². The molecule has 11 heteroatoms. The number of carbonyl (C=O) groups is 1. The molecule has 11 nitrogen and oxygen atoms in total. The standard InChI is InChI=1S/C34H44N8O3/c1-4-29-20-41(19-23(2)45-29)31-18-32(42-21-30-17-28(42)22-44-30)38-33(37-31)24-5-7-25(8-6-24)35-34(43)36-26-9-11-27(12-10-26)40-15-13-39(3)14-16-40/h5-12,18,23,28-30H,4,13-17,19-22H2,1-3H3,(H2,35,36,43)/t23?,28-,29?,30-/m0/s1. The number of benzene rings is 2. The molecule has 45 heavy (non-hydrogen) atoms. The number of hydrogen-bond acceptors (Lipinski definition) is 9. The van der Waals surface area contributed by atoms with E-state index in [1.165, 1.54) is 5.69 Å². The second-order valence-corrected chi connectivity index (χ2v) is 12.8. The fraction of sp³-hybridized carbons (Fsp3) is 0.500. The molecule has 2 bridgehead atoms. The molecular weight excluding hydrogens is 568 g/mol. The number of anilines is 5. The fourth-order valence-electron chi connectivity index (χ4n) is 6.81. The van der Waals surface area contributed by atoms with Crippen LogP contribution in [-0.2, 0) is 9.47 Å². The van der Waals surface area contributed by atoms with Crippen LogP contribution in [0.1, 0.15) is 26.7 Å². The van der Waals surface area contributed by atoms with Crippen LogP contribution in [0.4, 0.5) is 33.5 Å². The lowest BCUT2D eigenvalue weighted by Gasteiger charge is -2.38. The first-order chi connectivity index (χ1) is 21.9. The van der Waals surface area contributed by atoms with Crippen molar-refractivity contribution < 1.29 is 14.3 Å². The number of rotatable bonds is 7. The molecule has 5 heterocycles. The van der Waals surface area contributed by atoms with Gasteiger partial charge in [-0.3, -0.25) is 0 Å². The number of ether oxygens (including phenoxy) is 2. The number of hydrogen-bond donors (Lipinski definition) is 2. The third kappa shape index (κ3) is 6.70. The third-order valence-corrected chi connectivity index (χ3v) is 9.39. The van der Waals surface area contributed by atoms with Gasteiger partial charge in [0.15, 0.2) is 5.82 Å². The summed E-state index contributed by atoms with van der Waals surface area (Å²) >= 11 is 0. The van der Waals surface area contributed by atoms with Crippen molar-refractivity contribution >= 4 is 34.7 Å². The first-order valence-corrected chi connectivity index (χ1v) is 16.3. The quantitative estimate of drug-likeness (QED) is 0.399. The van der Waals surface area contributed by atoms with Gasteiger partial charge in [0.25, 0.3) is 0 Å². The van der Waals surface area contributed by atoms with E-state index in [1.807, 2.05) is 36.4 Å². The minimum absolute atomic E-state index is 0.133. The Kier molecular flexibility index (Phi) is 8.48. The molecule has 4 aliphatic heterocycles. The number of urea groups is 1. The predicted octanol–water partition coefficient (Wildman–Crippen LogP) is 4.52. The Balaban J connectivity index is 1.05. The highest BCUT2D eigenvalue weighted by atomic mass is 16.5. The van der Waals surface area contributed by atoms with Crippen molar-refractivity contribution in [2.24, 2.45) is 0 Å². The van der Waals surface area contributed by atoms with Crippen molar-refractivity contribution in [3.63, 3.8) is 0 Å². The number of piperazine rings is 1. The van der Waals surface area contributed by atoms with E-state index in [0.717, 1.165) is 88.1 Å². The average Bonchev–Trinajstić information content (AvgIpc) is 3.70. The molecule has 1 aromatic heterocycles. The highest BCUT2D eigenvalue weighted by Gasteiger charge is 2.40. The van der Waals surface area contributed by atoms with Gasteiger partial charge in [0.1, 0.15) is 11.6 Å². The molecule has 0 saturated carbocycles. The van der Waals surface area contributed by atoms with E-state index in [9.17, 15) is 4.79 Å². The number of morpholine rings is 2. The first-order valence-electron chi connectivity index (χ1n) is 16.3. The van der Waals surface area contributed by atoms with Crippen molar-refractivity contribution in [2.45, 2.75) is 51.0 Å². The smallest absolute Gasteiger partial charge is 0.323 e. The van der Waals surface area contributed by atoms with E-state index in [1.54, 1.807) is 0 Å². The van der Waals surface area contributed by atoms with E-state index in [4.69, 9.17) is 19.4 Å². The lowest BCUT2D eigenvalue weighted by molar-refractivity contribution is -0.0174. The molecule has 0 radical (unpaired) electrons. The maximum absolute atomic E-state index is 12.8. The Bertz CT molecular complexity index is 1480. The van der Waals surface area contributed by atoms with Gasteiger partial charge in [-0.2, -0.15) is 0 Å².